The zero-order chi connectivity index (χ0) is 12.1. The van der Waals surface area contributed by atoms with Gasteiger partial charge in [-0.05, 0) is 24.6 Å². The summed E-state index contributed by atoms with van der Waals surface area (Å²) in [6.45, 7) is 1.34. The van der Waals surface area contributed by atoms with E-state index >= 15 is 0 Å². The van der Waals surface area contributed by atoms with Crippen LogP contribution in [0.15, 0.2) is 29.8 Å². The predicted octanol–water partition coefficient (Wildman–Crippen LogP) is 2.79. The summed E-state index contributed by atoms with van der Waals surface area (Å²) in [6, 6.07) is 6.96. The van der Waals surface area contributed by atoms with E-state index in [1.165, 1.54) is 13.0 Å². The van der Waals surface area contributed by atoms with Crippen LogP contribution in [0.4, 0.5) is 0 Å². The lowest BCUT2D eigenvalue weighted by atomic mass is 10.0. The van der Waals surface area contributed by atoms with Crippen molar-refractivity contribution in [2.75, 3.05) is 0 Å². The van der Waals surface area contributed by atoms with Crippen LogP contribution in [0, 0.1) is 0 Å². The summed E-state index contributed by atoms with van der Waals surface area (Å²) < 4.78 is 0. The van der Waals surface area contributed by atoms with E-state index in [-0.39, 0.29) is 17.8 Å². The molecule has 0 fully saturated rings. The number of carboxylic acid groups (broad SMARTS) is 1. The van der Waals surface area contributed by atoms with Gasteiger partial charge in [0.05, 0.1) is 6.42 Å². The van der Waals surface area contributed by atoms with Crippen LogP contribution in [0.5, 0.6) is 0 Å². The fourth-order valence-corrected chi connectivity index (χ4v) is 1.41. The fraction of sp³-hybridized carbons (Fsp3) is 0.167. The Labute approximate surface area is 98.4 Å². The minimum Gasteiger partial charge on any atom is -0.481 e. The van der Waals surface area contributed by atoms with Gasteiger partial charge in [0.15, 0.2) is 5.78 Å². The number of benzene rings is 1. The third-order valence-corrected chi connectivity index (χ3v) is 2.37. The number of hydrogen-bond acceptors (Lipinski definition) is 2. The molecule has 0 bridgehead atoms. The highest BCUT2D eigenvalue weighted by Crippen LogP contribution is 2.19. The van der Waals surface area contributed by atoms with Gasteiger partial charge in [-0.1, -0.05) is 29.8 Å². The van der Waals surface area contributed by atoms with E-state index in [4.69, 9.17) is 16.7 Å². The monoisotopic (exact) mass is 238 g/mol. The minimum atomic E-state index is -1.03. The maximum atomic E-state index is 11.2. The molecule has 3 nitrogen and oxygen atoms in total. The molecule has 0 radical (unpaired) electrons. The standard InChI is InChI=1S/C12H11ClO3/c1-8(14)10(7-12(15)16)6-9-4-2-3-5-11(9)13/h2-6H,7H2,1H3,(H,15,16). The molecule has 84 valence electrons. The minimum absolute atomic E-state index is 0.237. The van der Waals surface area contributed by atoms with Crippen molar-refractivity contribution in [3.05, 3.63) is 40.4 Å². The number of Topliss-reactive ketones (excluding diaryl/α,β-unsaturated/α-hetero) is 1. The second-order valence-electron chi connectivity index (χ2n) is 3.32. The molecule has 1 N–H and O–H groups in total. The third-order valence-electron chi connectivity index (χ3n) is 2.03. The van der Waals surface area contributed by atoms with Crippen LogP contribution < -0.4 is 0 Å². The van der Waals surface area contributed by atoms with Gasteiger partial charge in [0.1, 0.15) is 0 Å². The highest BCUT2D eigenvalue weighted by molar-refractivity contribution is 6.32. The first kappa shape index (κ1) is 12.5. The molecule has 0 aliphatic rings. The van der Waals surface area contributed by atoms with E-state index in [2.05, 4.69) is 0 Å². The summed E-state index contributed by atoms with van der Waals surface area (Å²) in [5, 5.41) is 9.15. The Kier molecular flexibility index (Phi) is 4.26. The lowest BCUT2D eigenvalue weighted by Gasteiger charge is -2.02. The molecular weight excluding hydrogens is 228 g/mol. The number of hydrogen-bond donors (Lipinski definition) is 1. The van der Waals surface area contributed by atoms with Crippen LogP contribution in [-0.4, -0.2) is 16.9 Å². The molecule has 1 aromatic carbocycles. The Morgan fingerprint density at radius 1 is 1.38 bits per heavy atom. The van der Waals surface area contributed by atoms with Gasteiger partial charge in [-0.15, -0.1) is 0 Å². The van der Waals surface area contributed by atoms with Gasteiger partial charge in [0.25, 0.3) is 0 Å². The molecule has 4 heteroatoms. The van der Waals surface area contributed by atoms with Gasteiger partial charge in [0, 0.05) is 10.6 Å². The van der Waals surface area contributed by atoms with Crippen LogP contribution in [0.25, 0.3) is 6.08 Å². The number of rotatable bonds is 4. The smallest absolute Gasteiger partial charge is 0.307 e. The molecule has 0 aromatic heterocycles. The molecule has 0 saturated heterocycles. The molecule has 0 saturated carbocycles. The second kappa shape index (κ2) is 5.47. The molecule has 0 spiro atoms. The van der Waals surface area contributed by atoms with Crippen molar-refractivity contribution in [2.24, 2.45) is 0 Å². The van der Waals surface area contributed by atoms with Crippen molar-refractivity contribution in [3.63, 3.8) is 0 Å². The molecule has 0 heterocycles. The van der Waals surface area contributed by atoms with Crippen molar-refractivity contribution in [1.82, 2.24) is 0 Å². The maximum absolute atomic E-state index is 11.2. The molecule has 0 atom stereocenters. The van der Waals surface area contributed by atoms with Gasteiger partial charge >= 0.3 is 5.97 Å². The van der Waals surface area contributed by atoms with Gasteiger partial charge in [-0.3, -0.25) is 9.59 Å². The quantitative estimate of drug-likeness (QED) is 0.821. The van der Waals surface area contributed by atoms with Crippen LogP contribution in [-0.2, 0) is 9.59 Å². The third kappa shape index (κ3) is 3.51. The SMILES string of the molecule is CC(=O)C(=Cc1ccccc1Cl)CC(=O)O. The van der Waals surface area contributed by atoms with E-state index < -0.39 is 5.97 Å². The van der Waals surface area contributed by atoms with Gasteiger partial charge in [-0.25, -0.2) is 0 Å². The normalized spacial score (nSPS) is 11.2. The van der Waals surface area contributed by atoms with Gasteiger partial charge in [-0.2, -0.15) is 0 Å². The molecule has 0 aliphatic heterocycles. The average Bonchev–Trinajstić information content (AvgIpc) is 2.19. The Morgan fingerprint density at radius 3 is 2.50 bits per heavy atom. The first-order valence-corrected chi connectivity index (χ1v) is 5.06. The zero-order valence-corrected chi connectivity index (χ0v) is 9.49. The molecular formula is C12H11ClO3. The Hall–Kier alpha value is -1.61. The second-order valence-corrected chi connectivity index (χ2v) is 3.72. The van der Waals surface area contributed by atoms with Crippen LogP contribution in [0.2, 0.25) is 5.02 Å². The Balaban J connectivity index is 3.07. The summed E-state index contributed by atoms with van der Waals surface area (Å²) in [6.07, 6.45) is 1.22. The van der Waals surface area contributed by atoms with Crippen molar-refractivity contribution in [2.45, 2.75) is 13.3 Å². The number of carbonyl (C=O) groups is 2. The molecule has 0 aliphatic carbocycles. The summed E-state index contributed by atoms with van der Waals surface area (Å²) in [5.74, 6) is -1.30. The topological polar surface area (TPSA) is 54.4 Å². The maximum Gasteiger partial charge on any atom is 0.307 e. The summed E-state index contributed by atoms with van der Waals surface area (Å²) in [5.41, 5.74) is 0.885. The highest BCUT2D eigenvalue weighted by Gasteiger charge is 2.09. The molecule has 0 unspecified atom stereocenters. The molecule has 1 rings (SSSR count). The lowest BCUT2D eigenvalue weighted by Crippen LogP contribution is -2.04. The van der Waals surface area contributed by atoms with Gasteiger partial charge < -0.3 is 5.11 Å². The predicted molar refractivity (Wildman–Crippen MR) is 62.4 cm³/mol. The van der Waals surface area contributed by atoms with E-state index in [9.17, 15) is 9.59 Å². The van der Waals surface area contributed by atoms with E-state index in [1.807, 2.05) is 0 Å². The Morgan fingerprint density at radius 2 is 2.00 bits per heavy atom. The van der Waals surface area contributed by atoms with Crippen LogP contribution >= 0.6 is 11.6 Å². The van der Waals surface area contributed by atoms with Crippen molar-refractivity contribution in [1.29, 1.82) is 0 Å². The molecule has 1 aromatic rings. The van der Waals surface area contributed by atoms with E-state index in [0.29, 0.717) is 10.6 Å². The van der Waals surface area contributed by atoms with E-state index in [0.717, 1.165) is 0 Å². The Bertz CT molecular complexity index is 449. The highest BCUT2D eigenvalue weighted by atomic mass is 35.5. The number of carbonyl (C=O) groups excluding carboxylic acids is 1. The average molecular weight is 239 g/mol. The number of carboxylic acids is 1. The number of aliphatic carboxylic acids is 1. The first-order valence-electron chi connectivity index (χ1n) is 4.68. The van der Waals surface area contributed by atoms with E-state index in [1.54, 1.807) is 24.3 Å². The van der Waals surface area contributed by atoms with Crippen LogP contribution in [0.1, 0.15) is 18.9 Å². The lowest BCUT2D eigenvalue weighted by molar-refractivity contribution is -0.136. The number of halogens is 1. The number of ketones is 1. The summed E-state index contributed by atoms with van der Waals surface area (Å²) in [4.78, 5) is 21.8. The van der Waals surface area contributed by atoms with Crippen molar-refractivity contribution in [3.8, 4) is 0 Å². The summed E-state index contributed by atoms with van der Waals surface area (Å²) >= 11 is 5.91. The zero-order valence-electron chi connectivity index (χ0n) is 8.74. The first-order chi connectivity index (χ1) is 7.50. The molecule has 0 amide bonds. The molecule has 16 heavy (non-hydrogen) atoms. The van der Waals surface area contributed by atoms with Crippen LogP contribution in [0.3, 0.4) is 0 Å². The fourth-order valence-electron chi connectivity index (χ4n) is 1.22. The largest absolute Gasteiger partial charge is 0.481 e. The van der Waals surface area contributed by atoms with Crippen molar-refractivity contribution >= 4 is 29.4 Å². The van der Waals surface area contributed by atoms with Crippen molar-refractivity contribution < 1.29 is 14.7 Å². The van der Waals surface area contributed by atoms with Gasteiger partial charge in [0.2, 0.25) is 0 Å². The summed E-state index contributed by atoms with van der Waals surface area (Å²) in [7, 11) is 0.